The Morgan fingerprint density at radius 3 is 2.44 bits per heavy atom. The highest BCUT2D eigenvalue weighted by Crippen LogP contribution is 2.27. The van der Waals surface area contributed by atoms with Crippen LogP contribution in [0.1, 0.15) is 52.1 Å². The molecule has 0 spiro atoms. The lowest BCUT2D eigenvalue weighted by molar-refractivity contribution is 0.189. The van der Waals surface area contributed by atoms with Gasteiger partial charge in [0.2, 0.25) is 0 Å². The Kier molecular flexibility index (Phi) is 6.13. The van der Waals surface area contributed by atoms with E-state index in [9.17, 15) is 4.39 Å². The first-order valence-electron chi connectivity index (χ1n) is 6.81. The van der Waals surface area contributed by atoms with Gasteiger partial charge in [-0.3, -0.25) is 0 Å². The third-order valence-corrected chi connectivity index (χ3v) is 3.15. The van der Waals surface area contributed by atoms with Gasteiger partial charge in [-0.05, 0) is 44.5 Å². The molecule has 1 aromatic rings. The Hall–Kier alpha value is -1.09. The van der Waals surface area contributed by atoms with E-state index in [1.165, 1.54) is 6.07 Å². The molecule has 0 saturated carbocycles. The summed E-state index contributed by atoms with van der Waals surface area (Å²) in [7, 11) is 0. The molecule has 0 aliphatic heterocycles. The van der Waals surface area contributed by atoms with Crippen LogP contribution in [0.2, 0.25) is 0 Å². The van der Waals surface area contributed by atoms with E-state index in [0.29, 0.717) is 0 Å². The highest BCUT2D eigenvalue weighted by molar-refractivity contribution is 5.36. The van der Waals surface area contributed by atoms with Crippen molar-refractivity contribution in [2.24, 2.45) is 0 Å². The summed E-state index contributed by atoms with van der Waals surface area (Å²) in [5, 5.41) is 3.29. The van der Waals surface area contributed by atoms with Crippen LogP contribution in [0, 0.1) is 5.82 Å². The van der Waals surface area contributed by atoms with Gasteiger partial charge in [0, 0.05) is 11.6 Å². The Morgan fingerprint density at radius 1 is 1.22 bits per heavy atom. The molecule has 0 heterocycles. The molecular formula is C15H24FNO. The molecule has 18 heavy (non-hydrogen) atoms. The summed E-state index contributed by atoms with van der Waals surface area (Å²) in [5.41, 5.74) is 0.892. The first-order chi connectivity index (χ1) is 8.62. The van der Waals surface area contributed by atoms with Crippen LogP contribution in [0.4, 0.5) is 4.39 Å². The van der Waals surface area contributed by atoms with Gasteiger partial charge in [0.25, 0.3) is 0 Å². The summed E-state index contributed by atoms with van der Waals surface area (Å²) in [4.78, 5) is 0. The van der Waals surface area contributed by atoms with Crippen molar-refractivity contribution in [3.63, 3.8) is 0 Å². The Balaban J connectivity index is 2.95. The molecule has 102 valence electrons. The average Bonchev–Trinajstić information content (AvgIpc) is 2.37. The molecule has 1 N–H and O–H groups in total. The van der Waals surface area contributed by atoms with E-state index in [0.717, 1.165) is 30.7 Å². The first kappa shape index (κ1) is 15.0. The third-order valence-electron chi connectivity index (χ3n) is 3.15. The van der Waals surface area contributed by atoms with Crippen LogP contribution in [0.3, 0.4) is 0 Å². The van der Waals surface area contributed by atoms with Crippen molar-refractivity contribution in [3.8, 4) is 5.75 Å². The number of benzene rings is 1. The van der Waals surface area contributed by atoms with Gasteiger partial charge in [-0.1, -0.05) is 20.8 Å². The minimum Gasteiger partial charge on any atom is -0.490 e. The molecule has 1 unspecified atom stereocenters. The van der Waals surface area contributed by atoms with E-state index < -0.39 is 0 Å². The molecular weight excluding hydrogens is 229 g/mol. The van der Waals surface area contributed by atoms with Crippen LogP contribution in [0.5, 0.6) is 5.75 Å². The largest absolute Gasteiger partial charge is 0.490 e. The van der Waals surface area contributed by atoms with Crippen LogP contribution < -0.4 is 10.1 Å². The molecule has 0 bridgehead atoms. The van der Waals surface area contributed by atoms with Gasteiger partial charge in [-0.15, -0.1) is 0 Å². The SMILES string of the molecule is CCNC(C)c1cc(F)ccc1OC(CC)CC. The van der Waals surface area contributed by atoms with Gasteiger partial charge in [-0.2, -0.15) is 0 Å². The average molecular weight is 253 g/mol. The van der Waals surface area contributed by atoms with Crippen molar-refractivity contribution in [3.05, 3.63) is 29.6 Å². The summed E-state index contributed by atoms with van der Waals surface area (Å²) in [6.07, 6.45) is 2.12. The Bertz CT molecular complexity index is 364. The summed E-state index contributed by atoms with van der Waals surface area (Å²) in [6, 6.07) is 4.84. The van der Waals surface area contributed by atoms with Gasteiger partial charge in [0.05, 0.1) is 6.10 Å². The zero-order valence-electron chi connectivity index (χ0n) is 11.8. The third kappa shape index (κ3) is 3.98. The van der Waals surface area contributed by atoms with E-state index in [2.05, 4.69) is 19.2 Å². The van der Waals surface area contributed by atoms with Crippen LogP contribution in [-0.4, -0.2) is 12.6 Å². The molecule has 0 radical (unpaired) electrons. The van der Waals surface area contributed by atoms with Crippen molar-refractivity contribution < 1.29 is 9.13 Å². The quantitative estimate of drug-likeness (QED) is 0.791. The summed E-state index contributed by atoms with van der Waals surface area (Å²) in [5.74, 6) is 0.574. The standard InChI is InChI=1S/C15H24FNO/c1-5-13(6-2)18-15-9-8-12(16)10-14(15)11(4)17-7-3/h8-11,13,17H,5-7H2,1-4H3. The second-order valence-electron chi connectivity index (χ2n) is 4.52. The molecule has 0 aliphatic rings. The highest BCUT2D eigenvalue weighted by Gasteiger charge is 2.14. The number of halogens is 1. The van der Waals surface area contributed by atoms with Gasteiger partial charge in [0.1, 0.15) is 11.6 Å². The smallest absolute Gasteiger partial charge is 0.124 e. The fraction of sp³-hybridized carbons (Fsp3) is 0.600. The van der Waals surface area contributed by atoms with Gasteiger partial charge >= 0.3 is 0 Å². The number of nitrogens with one attached hydrogen (secondary N) is 1. The summed E-state index contributed by atoms with van der Waals surface area (Å²) in [6.45, 7) is 9.12. The number of rotatable bonds is 7. The minimum atomic E-state index is -0.216. The molecule has 1 aromatic carbocycles. The fourth-order valence-corrected chi connectivity index (χ4v) is 2.02. The first-order valence-corrected chi connectivity index (χ1v) is 6.81. The maximum atomic E-state index is 13.4. The van der Waals surface area contributed by atoms with Gasteiger partial charge < -0.3 is 10.1 Å². The molecule has 2 nitrogen and oxygen atoms in total. The molecule has 0 amide bonds. The minimum absolute atomic E-state index is 0.0927. The lowest BCUT2D eigenvalue weighted by Crippen LogP contribution is -2.21. The molecule has 3 heteroatoms. The van der Waals surface area contributed by atoms with Crippen molar-refractivity contribution in [2.75, 3.05) is 6.54 Å². The van der Waals surface area contributed by atoms with E-state index >= 15 is 0 Å². The zero-order valence-corrected chi connectivity index (χ0v) is 11.8. The highest BCUT2D eigenvalue weighted by atomic mass is 19.1. The number of ether oxygens (including phenoxy) is 1. The maximum absolute atomic E-state index is 13.4. The van der Waals surface area contributed by atoms with Crippen LogP contribution in [0.15, 0.2) is 18.2 Å². The molecule has 0 aromatic heterocycles. The Morgan fingerprint density at radius 2 is 1.89 bits per heavy atom. The lowest BCUT2D eigenvalue weighted by atomic mass is 10.1. The van der Waals surface area contributed by atoms with Crippen molar-refractivity contribution >= 4 is 0 Å². The van der Waals surface area contributed by atoms with E-state index in [-0.39, 0.29) is 18.0 Å². The second-order valence-corrected chi connectivity index (χ2v) is 4.52. The predicted molar refractivity (Wildman–Crippen MR) is 73.5 cm³/mol. The van der Waals surface area contributed by atoms with Crippen LogP contribution in [0.25, 0.3) is 0 Å². The van der Waals surface area contributed by atoms with Gasteiger partial charge in [-0.25, -0.2) is 4.39 Å². The van der Waals surface area contributed by atoms with E-state index in [1.807, 2.05) is 13.8 Å². The topological polar surface area (TPSA) is 21.3 Å². The van der Waals surface area contributed by atoms with Crippen LogP contribution >= 0.6 is 0 Å². The lowest BCUT2D eigenvalue weighted by Gasteiger charge is -2.21. The van der Waals surface area contributed by atoms with E-state index in [4.69, 9.17) is 4.74 Å². The predicted octanol–water partition coefficient (Wildman–Crippen LogP) is 4.06. The van der Waals surface area contributed by atoms with E-state index in [1.54, 1.807) is 12.1 Å². The zero-order chi connectivity index (χ0) is 13.5. The normalized spacial score (nSPS) is 12.8. The number of hydrogen-bond donors (Lipinski definition) is 1. The van der Waals surface area contributed by atoms with Crippen molar-refractivity contribution in [1.82, 2.24) is 5.32 Å². The molecule has 1 rings (SSSR count). The fourth-order valence-electron chi connectivity index (χ4n) is 2.02. The monoisotopic (exact) mass is 253 g/mol. The molecule has 0 fully saturated rings. The molecule has 0 saturated heterocycles. The van der Waals surface area contributed by atoms with Gasteiger partial charge in [0.15, 0.2) is 0 Å². The maximum Gasteiger partial charge on any atom is 0.124 e. The molecule has 1 atom stereocenters. The summed E-state index contributed by atoms with van der Waals surface area (Å²) >= 11 is 0. The van der Waals surface area contributed by atoms with Crippen LogP contribution in [-0.2, 0) is 0 Å². The summed E-state index contributed by atoms with van der Waals surface area (Å²) < 4.78 is 19.3. The second kappa shape index (κ2) is 7.37. The number of hydrogen-bond acceptors (Lipinski definition) is 2. The van der Waals surface area contributed by atoms with Crippen molar-refractivity contribution in [2.45, 2.75) is 52.7 Å². The van der Waals surface area contributed by atoms with Crippen molar-refractivity contribution in [1.29, 1.82) is 0 Å². The Labute approximate surface area is 110 Å². The molecule has 0 aliphatic carbocycles.